The minimum Gasteiger partial charge on any atom is -0.326 e. The molecule has 2 rings (SSSR count). The van der Waals surface area contributed by atoms with Gasteiger partial charge in [-0.3, -0.25) is 0 Å². The maximum absolute atomic E-state index is 13.0. The molecule has 2 N–H and O–H groups in total. The van der Waals surface area contributed by atoms with Gasteiger partial charge in [0.25, 0.3) is 0 Å². The van der Waals surface area contributed by atoms with Gasteiger partial charge in [0.1, 0.15) is 0 Å². The van der Waals surface area contributed by atoms with Crippen LogP contribution < -0.4 is 5.73 Å². The molecule has 2 nitrogen and oxygen atoms in total. The van der Waals surface area contributed by atoms with Crippen LogP contribution in [0.25, 0.3) is 5.69 Å². The molecule has 0 fully saturated rings. The summed E-state index contributed by atoms with van der Waals surface area (Å²) in [7, 11) is 0. The van der Waals surface area contributed by atoms with Crippen LogP contribution in [0.15, 0.2) is 30.3 Å². The van der Waals surface area contributed by atoms with Crippen LogP contribution in [0.4, 0.5) is 13.2 Å². The van der Waals surface area contributed by atoms with Gasteiger partial charge in [0, 0.05) is 17.9 Å². The highest BCUT2D eigenvalue weighted by Crippen LogP contribution is 2.35. The Labute approximate surface area is 109 Å². The molecule has 0 saturated carbocycles. The van der Waals surface area contributed by atoms with E-state index in [1.54, 1.807) is 24.5 Å². The van der Waals surface area contributed by atoms with E-state index in [2.05, 4.69) is 0 Å². The summed E-state index contributed by atoms with van der Waals surface area (Å²) in [6.45, 7) is 3.87. The average Bonchev–Trinajstić information content (AvgIpc) is 2.63. The molecule has 0 saturated heterocycles. The molecule has 102 valence electrons. The highest BCUT2D eigenvalue weighted by Gasteiger charge is 2.34. The number of para-hydroxylation sites is 1. The number of halogens is 3. The standard InChI is InChI=1S/C14H15F3N2/c1-9-7-11(8-18)10(2)19(9)13-6-4-3-5-12(13)14(15,16)17/h3-7H,8,18H2,1-2H3. The first-order valence-corrected chi connectivity index (χ1v) is 5.90. The van der Waals surface area contributed by atoms with Crippen molar-refractivity contribution in [3.05, 3.63) is 52.8 Å². The van der Waals surface area contributed by atoms with Gasteiger partial charge in [0.05, 0.1) is 11.3 Å². The van der Waals surface area contributed by atoms with E-state index in [4.69, 9.17) is 5.73 Å². The Bertz CT molecular complexity index is 597. The van der Waals surface area contributed by atoms with E-state index >= 15 is 0 Å². The summed E-state index contributed by atoms with van der Waals surface area (Å²) in [6.07, 6.45) is -4.37. The number of alkyl halides is 3. The minimum atomic E-state index is -4.37. The molecule has 0 aliphatic heterocycles. The number of rotatable bonds is 2. The molecule has 2 aromatic rings. The van der Waals surface area contributed by atoms with E-state index in [1.807, 2.05) is 6.07 Å². The van der Waals surface area contributed by atoms with Crippen LogP contribution in [-0.4, -0.2) is 4.57 Å². The van der Waals surface area contributed by atoms with Crippen molar-refractivity contribution < 1.29 is 13.2 Å². The normalized spacial score (nSPS) is 11.9. The number of hydrogen-bond donors (Lipinski definition) is 1. The third-order valence-electron chi connectivity index (χ3n) is 3.21. The number of hydrogen-bond acceptors (Lipinski definition) is 1. The van der Waals surface area contributed by atoms with Crippen LogP contribution in [-0.2, 0) is 12.7 Å². The van der Waals surface area contributed by atoms with E-state index in [-0.39, 0.29) is 5.69 Å². The molecule has 0 unspecified atom stereocenters. The summed E-state index contributed by atoms with van der Waals surface area (Å²) >= 11 is 0. The summed E-state index contributed by atoms with van der Waals surface area (Å²) in [6, 6.07) is 7.39. The fourth-order valence-electron chi connectivity index (χ4n) is 2.31. The first-order valence-electron chi connectivity index (χ1n) is 5.90. The van der Waals surface area contributed by atoms with Crippen molar-refractivity contribution in [1.82, 2.24) is 4.57 Å². The van der Waals surface area contributed by atoms with E-state index in [0.29, 0.717) is 6.54 Å². The summed E-state index contributed by atoms with van der Waals surface area (Å²) in [5, 5.41) is 0. The molecule has 0 aliphatic carbocycles. The minimum absolute atomic E-state index is 0.143. The van der Waals surface area contributed by atoms with Gasteiger partial charge in [-0.15, -0.1) is 0 Å². The maximum atomic E-state index is 13.0. The van der Waals surface area contributed by atoms with Crippen LogP contribution >= 0.6 is 0 Å². The lowest BCUT2D eigenvalue weighted by Gasteiger charge is -2.16. The van der Waals surface area contributed by atoms with Crippen molar-refractivity contribution in [2.75, 3.05) is 0 Å². The zero-order valence-electron chi connectivity index (χ0n) is 10.8. The Morgan fingerprint density at radius 3 is 2.32 bits per heavy atom. The zero-order valence-corrected chi connectivity index (χ0v) is 10.8. The lowest BCUT2D eigenvalue weighted by molar-refractivity contribution is -0.137. The van der Waals surface area contributed by atoms with Crippen LogP contribution in [0.3, 0.4) is 0 Å². The molecule has 0 radical (unpaired) electrons. The second-order valence-corrected chi connectivity index (χ2v) is 4.45. The third-order valence-corrected chi connectivity index (χ3v) is 3.21. The highest BCUT2D eigenvalue weighted by atomic mass is 19.4. The Morgan fingerprint density at radius 2 is 1.79 bits per heavy atom. The van der Waals surface area contributed by atoms with Gasteiger partial charge in [-0.1, -0.05) is 12.1 Å². The van der Waals surface area contributed by atoms with Crippen molar-refractivity contribution in [1.29, 1.82) is 0 Å². The van der Waals surface area contributed by atoms with Crippen LogP contribution in [0.2, 0.25) is 0 Å². The Balaban J connectivity index is 2.70. The molecule has 1 aromatic heterocycles. The lowest BCUT2D eigenvalue weighted by Crippen LogP contribution is -2.12. The van der Waals surface area contributed by atoms with Crippen molar-refractivity contribution in [3.63, 3.8) is 0 Å². The first-order chi connectivity index (χ1) is 8.86. The fraction of sp³-hybridized carbons (Fsp3) is 0.286. The molecule has 0 atom stereocenters. The number of nitrogens with two attached hydrogens (primary N) is 1. The summed E-state index contributed by atoms with van der Waals surface area (Å²) in [5.41, 5.74) is 7.45. The van der Waals surface area contributed by atoms with Crippen LogP contribution in [0.1, 0.15) is 22.5 Å². The van der Waals surface area contributed by atoms with Crippen LogP contribution in [0, 0.1) is 13.8 Å². The van der Waals surface area contributed by atoms with E-state index in [1.165, 1.54) is 12.1 Å². The Morgan fingerprint density at radius 1 is 1.16 bits per heavy atom. The smallest absolute Gasteiger partial charge is 0.326 e. The molecular formula is C14H15F3N2. The maximum Gasteiger partial charge on any atom is 0.418 e. The molecule has 0 bridgehead atoms. The number of benzene rings is 1. The molecule has 0 spiro atoms. The van der Waals surface area contributed by atoms with Gasteiger partial charge in [-0.25, -0.2) is 0 Å². The molecular weight excluding hydrogens is 253 g/mol. The lowest BCUT2D eigenvalue weighted by atomic mass is 10.1. The van der Waals surface area contributed by atoms with Crippen molar-refractivity contribution in [2.24, 2.45) is 5.73 Å². The van der Waals surface area contributed by atoms with E-state index < -0.39 is 11.7 Å². The van der Waals surface area contributed by atoms with Gasteiger partial charge in [0.2, 0.25) is 0 Å². The summed E-state index contributed by atoms with van der Waals surface area (Å²) in [5.74, 6) is 0. The second-order valence-electron chi connectivity index (χ2n) is 4.45. The van der Waals surface area contributed by atoms with Gasteiger partial charge < -0.3 is 10.3 Å². The summed E-state index contributed by atoms with van der Waals surface area (Å²) < 4.78 is 40.7. The molecule has 1 heterocycles. The fourth-order valence-corrected chi connectivity index (χ4v) is 2.31. The largest absolute Gasteiger partial charge is 0.418 e. The average molecular weight is 268 g/mol. The van der Waals surface area contributed by atoms with Gasteiger partial charge in [-0.2, -0.15) is 13.2 Å². The molecule has 0 aliphatic rings. The number of nitrogens with zero attached hydrogens (tertiary/aromatic N) is 1. The Hall–Kier alpha value is -1.75. The molecule has 1 aromatic carbocycles. The van der Waals surface area contributed by atoms with Gasteiger partial charge >= 0.3 is 6.18 Å². The SMILES string of the molecule is Cc1cc(CN)c(C)n1-c1ccccc1C(F)(F)F. The van der Waals surface area contributed by atoms with Crippen molar-refractivity contribution >= 4 is 0 Å². The Kier molecular flexibility index (Phi) is 3.41. The number of aryl methyl sites for hydroxylation is 1. The number of aromatic nitrogens is 1. The quantitative estimate of drug-likeness (QED) is 0.886. The topological polar surface area (TPSA) is 30.9 Å². The third kappa shape index (κ3) is 2.38. The monoisotopic (exact) mass is 268 g/mol. The second kappa shape index (κ2) is 4.74. The van der Waals surface area contributed by atoms with Crippen LogP contribution in [0.5, 0.6) is 0 Å². The zero-order chi connectivity index (χ0) is 14.2. The van der Waals surface area contributed by atoms with Gasteiger partial charge in [-0.05, 0) is 37.6 Å². The molecule has 19 heavy (non-hydrogen) atoms. The van der Waals surface area contributed by atoms with E-state index in [0.717, 1.165) is 23.0 Å². The van der Waals surface area contributed by atoms with Crippen molar-refractivity contribution in [3.8, 4) is 5.69 Å². The van der Waals surface area contributed by atoms with Gasteiger partial charge in [0.15, 0.2) is 0 Å². The van der Waals surface area contributed by atoms with E-state index in [9.17, 15) is 13.2 Å². The van der Waals surface area contributed by atoms with Crippen molar-refractivity contribution in [2.45, 2.75) is 26.6 Å². The molecule has 0 amide bonds. The first kappa shape index (κ1) is 13.7. The molecule has 5 heteroatoms. The summed E-state index contributed by atoms with van der Waals surface area (Å²) in [4.78, 5) is 0. The predicted octanol–water partition coefficient (Wildman–Crippen LogP) is 3.57. The highest BCUT2D eigenvalue weighted by molar-refractivity contribution is 5.48. The predicted molar refractivity (Wildman–Crippen MR) is 68.1 cm³/mol.